The summed E-state index contributed by atoms with van der Waals surface area (Å²) in [6.45, 7) is 0. The molecule has 22 heavy (non-hydrogen) atoms. The van der Waals surface area contributed by atoms with Gasteiger partial charge in [0.15, 0.2) is 6.10 Å². The van der Waals surface area contributed by atoms with Gasteiger partial charge in [-0.25, -0.2) is 4.79 Å². The fourth-order valence-electron chi connectivity index (χ4n) is 2.81. The third-order valence-corrected chi connectivity index (χ3v) is 4.55. The summed E-state index contributed by atoms with van der Waals surface area (Å²) < 4.78 is 36.0. The molecule has 2 rings (SSSR count). The average molecular weight is 328 g/mol. The van der Waals surface area contributed by atoms with Crippen LogP contribution in [0, 0.1) is 5.92 Å². The van der Waals surface area contributed by atoms with Gasteiger partial charge in [0, 0.05) is 5.92 Å². The van der Waals surface area contributed by atoms with E-state index in [1.807, 2.05) is 0 Å². The van der Waals surface area contributed by atoms with Crippen LogP contribution in [-0.2, 0) is 20.7 Å². The first-order valence-corrected chi connectivity index (χ1v) is 8.89. The van der Waals surface area contributed by atoms with E-state index in [1.165, 1.54) is 24.3 Å². The van der Waals surface area contributed by atoms with E-state index in [1.54, 1.807) is 0 Å². The Morgan fingerprint density at radius 3 is 2.27 bits per heavy atom. The zero-order valence-corrected chi connectivity index (χ0v) is 13.0. The van der Waals surface area contributed by atoms with E-state index >= 15 is 0 Å². The van der Waals surface area contributed by atoms with Crippen LogP contribution in [0.3, 0.4) is 0 Å². The van der Waals surface area contributed by atoms with Crippen molar-refractivity contribution in [3.8, 4) is 5.75 Å². The monoisotopic (exact) mass is 328 g/mol. The predicted octanol–water partition coefficient (Wildman–Crippen LogP) is 2.49. The van der Waals surface area contributed by atoms with Gasteiger partial charge >= 0.3 is 5.97 Å². The first-order chi connectivity index (χ1) is 10.3. The van der Waals surface area contributed by atoms with Gasteiger partial charge in [-0.15, -0.1) is 0 Å². The predicted molar refractivity (Wildman–Crippen MR) is 80.3 cm³/mol. The minimum absolute atomic E-state index is 0.00347. The quantitative estimate of drug-likeness (QED) is 0.778. The Labute approximate surface area is 129 Å². The van der Waals surface area contributed by atoms with Crippen LogP contribution in [0.1, 0.15) is 37.7 Å². The first kappa shape index (κ1) is 16.8. The van der Waals surface area contributed by atoms with Gasteiger partial charge in [0.2, 0.25) is 0 Å². The zero-order chi connectivity index (χ0) is 16.2. The topological polar surface area (TPSA) is 101 Å². The summed E-state index contributed by atoms with van der Waals surface area (Å²) in [6, 6.07) is 6.06. The summed E-state index contributed by atoms with van der Waals surface area (Å²) in [5.41, 5.74) is 0.416. The summed E-state index contributed by atoms with van der Waals surface area (Å²) in [5, 5.41) is 9.36. The van der Waals surface area contributed by atoms with Gasteiger partial charge in [0.25, 0.3) is 10.1 Å². The van der Waals surface area contributed by atoms with Crippen LogP contribution in [0.2, 0.25) is 0 Å². The van der Waals surface area contributed by atoms with Gasteiger partial charge in [0.1, 0.15) is 11.5 Å². The van der Waals surface area contributed by atoms with Crippen molar-refractivity contribution in [1.29, 1.82) is 0 Å². The molecule has 0 saturated heterocycles. The molecular weight excluding hydrogens is 308 g/mol. The van der Waals surface area contributed by atoms with E-state index in [0.717, 1.165) is 32.1 Å². The molecule has 7 heteroatoms. The molecule has 1 unspecified atom stereocenters. The van der Waals surface area contributed by atoms with Crippen molar-refractivity contribution in [1.82, 2.24) is 0 Å². The zero-order valence-electron chi connectivity index (χ0n) is 12.1. The van der Waals surface area contributed by atoms with Crippen molar-refractivity contribution in [2.24, 2.45) is 5.92 Å². The number of benzene rings is 1. The Hall–Kier alpha value is -1.60. The van der Waals surface area contributed by atoms with Gasteiger partial charge < -0.3 is 9.84 Å². The lowest BCUT2D eigenvalue weighted by Gasteiger charge is -2.27. The highest BCUT2D eigenvalue weighted by atomic mass is 32.2. The van der Waals surface area contributed by atoms with Gasteiger partial charge in [-0.1, -0.05) is 31.4 Å². The molecule has 0 spiro atoms. The van der Waals surface area contributed by atoms with Crippen molar-refractivity contribution in [2.45, 2.75) is 44.0 Å². The van der Waals surface area contributed by atoms with Gasteiger partial charge in [-0.05, 0) is 30.5 Å². The highest BCUT2D eigenvalue weighted by molar-refractivity contribution is 7.85. The maximum absolute atomic E-state index is 11.4. The van der Waals surface area contributed by atoms with Crippen molar-refractivity contribution in [3.63, 3.8) is 0 Å². The van der Waals surface area contributed by atoms with Crippen LogP contribution in [0.15, 0.2) is 24.3 Å². The Morgan fingerprint density at radius 2 is 1.77 bits per heavy atom. The number of ether oxygens (including phenoxy) is 1. The standard InChI is InChI=1S/C15H20O6S/c16-15(17)14(12-4-2-1-3-5-12)21-13-8-6-11(7-9-13)10-22(18,19)20/h6-9,12,14H,1-5,10H2,(H,16,17)(H,18,19,20). The number of carboxylic acids is 1. The van der Waals surface area contributed by atoms with E-state index in [4.69, 9.17) is 9.29 Å². The average Bonchev–Trinajstić information content (AvgIpc) is 2.45. The maximum atomic E-state index is 11.4. The Morgan fingerprint density at radius 1 is 1.18 bits per heavy atom. The molecule has 1 aliphatic carbocycles. The molecule has 0 heterocycles. The molecule has 0 aliphatic heterocycles. The maximum Gasteiger partial charge on any atom is 0.345 e. The first-order valence-electron chi connectivity index (χ1n) is 7.29. The number of aliphatic carboxylic acids is 1. The molecule has 1 aromatic rings. The lowest BCUT2D eigenvalue weighted by molar-refractivity contribution is -0.148. The fourth-order valence-corrected chi connectivity index (χ4v) is 3.42. The largest absolute Gasteiger partial charge is 0.478 e. The fraction of sp³-hybridized carbons (Fsp3) is 0.533. The van der Waals surface area contributed by atoms with Crippen LogP contribution in [0.25, 0.3) is 0 Å². The number of rotatable bonds is 6. The third kappa shape index (κ3) is 4.99. The normalized spacial score (nSPS) is 17.9. The minimum Gasteiger partial charge on any atom is -0.478 e. The van der Waals surface area contributed by atoms with E-state index < -0.39 is 27.9 Å². The molecule has 1 atom stereocenters. The highest BCUT2D eigenvalue weighted by Crippen LogP contribution is 2.29. The second kappa shape index (κ2) is 7.11. The van der Waals surface area contributed by atoms with Gasteiger partial charge in [-0.3, -0.25) is 4.55 Å². The highest BCUT2D eigenvalue weighted by Gasteiger charge is 2.31. The van der Waals surface area contributed by atoms with Gasteiger partial charge in [0.05, 0.1) is 0 Å². The van der Waals surface area contributed by atoms with Crippen LogP contribution in [-0.4, -0.2) is 30.2 Å². The molecule has 2 N–H and O–H groups in total. The minimum atomic E-state index is -4.08. The molecule has 6 nitrogen and oxygen atoms in total. The smallest absolute Gasteiger partial charge is 0.345 e. The van der Waals surface area contributed by atoms with Crippen molar-refractivity contribution in [2.75, 3.05) is 0 Å². The summed E-state index contributed by atoms with van der Waals surface area (Å²) in [6.07, 6.45) is 3.98. The lowest BCUT2D eigenvalue weighted by Crippen LogP contribution is -2.36. The molecular formula is C15H20O6S. The Kier molecular flexibility index (Phi) is 5.42. The third-order valence-electron chi connectivity index (χ3n) is 3.86. The summed E-state index contributed by atoms with van der Waals surface area (Å²) in [5.74, 6) is -1.06. The van der Waals surface area contributed by atoms with E-state index in [9.17, 15) is 18.3 Å². The van der Waals surface area contributed by atoms with Crippen LogP contribution in [0.4, 0.5) is 0 Å². The second-order valence-corrected chi connectivity index (χ2v) is 7.10. The molecule has 0 amide bonds. The molecule has 0 radical (unpaired) electrons. The number of hydrogen-bond acceptors (Lipinski definition) is 4. The van der Waals surface area contributed by atoms with Crippen molar-refractivity contribution >= 4 is 16.1 Å². The van der Waals surface area contributed by atoms with Crippen LogP contribution < -0.4 is 4.74 Å². The number of carboxylic acid groups (broad SMARTS) is 1. The molecule has 122 valence electrons. The molecule has 1 saturated carbocycles. The van der Waals surface area contributed by atoms with E-state index in [0.29, 0.717) is 11.3 Å². The molecule has 0 bridgehead atoms. The lowest BCUT2D eigenvalue weighted by atomic mass is 9.85. The molecule has 1 fully saturated rings. The summed E-state index contributed by atoms with van der Waals surface area (Å²) in [7, 11) is -4.08. The van der Waals surface area contributed by atoms with Crippen LogP contribution >= 0.6 is 0 Å². The van der Waals surface area contributed by atoms with E-state index in [-0.39, 0.29) is 5.92 Å². The number of hydrogen-bond donors (Lipinski definition) is 2. The second-order valence-electron chi connectivity index (χ2n) is 5.64. The molecule has 0 aromatic heterocycles. The number of carbonyl (C=O) groups is 1. The van der Waals surface area contributed by atoms with Crippen molar-refractivity contribution in [3.05, 3.63) is 29.8 Å². The van der Waals surface area contributed by atoms with Gasteiger partial charge in [-0.2, -0.15) is 8.42 Å². The Balaban J connectivity index is 2.05. The molecule has 1 aromatic carbocycles. The summed E-state index contributed by atoms with van der Waals surface area (Å²) in [4.78, 5) is 11.4. The SMILES string of the molecule is O=C(O)C(Oc1ccc(CS(=O)(=O)O)cc1)C1CCCCC1. The summed E-state index contributed by atoms with van der Waals surface area (Å²) >= 11 is 0. The van der Waals surface area contributed by atoms with E-state index in [2.05, 4.69) is 0 Å². The van der Waals surface area contributed by atoms with Crippen LogP contribution in [0.5, 0.6) is 5.75 Å². The Bertz CT molecular complexity index is 601. The molecule has 1 aliphatic rings. The van der Waals surface area contributed by atoms with Crippen molar-refractivity contribution < 1.29 is 27.6 Å².